The van der Waals surface area contributed by atoms with Gasteiger partial charge in [-0.1, -0.05) is 65.7 Å². The van der Waals surface area contributed by atoms with Crippen molar-refractivity contribution in [2.45, 2.75) is 13.1 Å². The first kappa shape index (κ1) is 21.3. The van der Waals surface area contributed by atoms with Crippen LogP contribution in [0, 0.1) is 0 Å². The molecule has 1 N–H and O–H groups in total. The Labute approximate surface area is 200 Å². The molecule has 0 fully saturated rings. The number of benzene rings is 3. The van der Waals surface area contributed by atoms with Crippen molar-refractivity contribution in [2.75, 3.05) is 0 Å². The first-order chi connectivity index (χ1) is 16.0. The maximum atomic E-state index is 12.0. The molecule has 0 atom stereocenters. The van der Waals surface area contributed by atoms with E-state index < -0.39 is 5.97 Å². The van der Waals surface area contributed by atoms with Gasteiger partial charge in [-0.15, -0.1) is 0 Å². The third-order valence-corrected chi connectivity index (χ3v) is 6.08. The second-order valence-corrected chi connectivity index (χ2v) is 8.69. The molecule has 0 saturated carbocycles. The first-order valence-electron chi connectivity index (χ1n) is 10.4. The van der Waals surface area contributed by atoms with Crippen molar-refractivity contribution in [3.05, 3.63) is 112 Å². The Morgan fingerprint density at radius 2 is 1.45 bits per heavy atom. The molecule has 0 amide bonds. The van der Waals surface area contributed by atoms with Crippen LogP contribution in [0.2, 0.25) is 10.0 Å². The Morgan fingerprint density at radius 1 is 0.848 bits per heavy atom. The van der Waals surface area contributed by atoms with Crippen LogP contribution in [-0.2, 0) is 13.1 Å². The van der Waals surface area contributed by atoms with E-state index in [0.717, 1.165) is 27.6 Å². The van der Waals surface area contributed by atoms with Crippen molar-refractivity contribution in [3.8, 4) is 11.3 Å². The van der Waals surface area contributed by atoms with Gasteiger partial charge in [0.2, 0.25) is 0 Å². The minimum Gasteiger partial charge on any atom is -0.477 e. The van der Waals surface area contributed by atoms with Crippen LogP contribution in [0.25, 0.3) is 22.2 Å². The monoisotopic (exact) mass is 475 g/mol. The molecule has 0 radical (unpaired) electrons. The molecule has 0 spiro atoms. The van der Waals surface area contributed by atoms with Gasteiger partial charge in [0.25, 0.3) is 0 Å². The van der Waals surface area contributed by atoms with Gasteiger partial charge < -0.3 is 9.67 Å². The number of hydrogen-bond acceptors (Lipinski definition) is 2. The Morgan fingerprint density at radius 3 is 2.09 bits per heavy atom. The summed E-state index contributed by atoms with van der Waals surface area (Å²) in [5.41, 5.74) is 4.72. The van der Waals surface area contributed by atoms with E-state index in [2.05, 4.69) is 15.7 Å². The zero-order valence-electron chi connectivity index (χ0n) is 17.5. The summed E-state index contributed by atoms with van der Waals surface area (Å²) < 4.78 is 3.67. The fourth-order valence-corrected chi connectivity index (χ4v) is 4.22. The van der Waals surface area contributed by atoms with Crippen molar-refractivity contribution in [2.24, 2.45) is 0 Å². The number of aromatic carboxylic acids is 1. The average Bonchev–Trinajstić information content (AvgIpc) is 3.39. The van der Waals surface area contributed by atoms with E-state index in [1.807, 2.05) is 60.8 Å². The van der Waals surface area contributed by atoms with E-state index in [0.29, 0.717) is 28.8 Å². The molecular formula is C26H19Cl2N3O2. The number of para-hydroxylation sites is 1. The Balaban J connectivity index is 1.56. The number of carbonyl (C=O) groups is 1. The molecule has 3 aromatic carbocycles. The summed E-state index contributed by atoms with van der Waals surface area (Å²) in [4.78, 5) is 12.0. The molecule has 5 rings (SSSR count). The van der Waals surface area contributed by atoms with Crippen molar-refractivity contribution < 1.29 is 9.90 Å². The van der Waals surface area contributed by atoms with Crippen molar-refractivity contribution in [1.82, 2.24) is 14.3 Å². The summed E-state index contributed by atoms with van der Waals surface area (Å²) in [6, 6.07) is 24.7. The molecule has 2 aromatic heterocycles. The van der Waals surface area contributed by atoms with Crippen molar-refractivity contribution in [3.63, 3.8) is 0 Å². The molecule has 0 bridgehead atoms. The third-order valence-electron chi connectivity index (χ3n) is 5.58. The van der Waals surface area contributed by atoms with Gasteiger partial charge in [0, 0.05) is 39.3 Å². The predicted molar refractivity (Wildman–Crippen MR) is 131 cm³/mol. The lowest BCUT2D eigenvalue weighted by Crippen LogP contribution is -2.10. The largest absolute Gasteiger partial charge is 0.477 e. The highest BCUT2D eigenvalue weighted by Gasteiger charge is 2.19. The average molecular weight is 476 g/mol. The van der Waals surface area contributed by atoms with Gasteiger partial charge in [-0.05, 0) is 47.5 Å². The number of carboxylic acids is 1. The van der Waals surface area contributed by atoms with E-state index in [4.69, 9.17) is 23.2 Å². The van der Waals surface area contributed by atoms with Crippen LogP contribution >= 0.6 is 23.2 Å². The molecule has 33 heavy (non-hydrogen) atoms. The third kappa shape index (κ3) is 4.38. The molecule has 0 aliphatic rings. The van der Waals surface area contributed by atoms with Crippen LogP contribution in [0.5, 0.6) is 0 Å². The van der Waals surface area contributed by atoms with E-state index >= 15 is 0 Å². The van der Waals surface area contributed by atoms with Crippen LogP contribution < -0.4 is 0 Å². The van der Waals surface area contributed by atoms with Gasteiger partial charge in [0.05, 0.1) is 12.2 Å². The molecule has 164 valence electrons. The van der Waals surface area contributed by atoms with Gasteiger partial charge >= 0.3 is 5.97 Å². The lowest BCUT2D eigenvalue weighted by molar-refractivity contribution is 0.0684. The van der Waals surface area contributed by atoms with Gasteiger partial charge in [-0.2, -0.15) is 5.10 Å². The standard InChI is InChI=1S/C26H19Cl2N3O2/c27-19-9-5-17(6-10-19)14-30-16-22(21-3-1-2-4-24(21)30)23-13-25(26(32)33)31(29-23)15-18-7-11-20(28)12-8-18/h1-13,16H,14-15H2,(H,32,33). The lowest BCUT2D eigenvalue weighted by Gasteiger charge is -2.05. The number of carboxylic acid groups (broad SMARTS) is 1. The molecule has 0 unspecified atom stereocenters. The lowest BCUT2D eigenvalue weighted by atomic mass is 10.1. The summed E-state index contributed by atoms with van der Waals surface area (Å²) in [6.45, 7) is 0.997. The normalized spacial score (nSPS) is 11.2. The quantitative estimate of drug-likeness (QED) is 0.300. The second-order valence-electron chi connectivity index (χ2n) is 7.82. The fraction of sp³-hybridized carbons (Fsp3) is 0.0769. The van der Waals surface area contributed by atoms with E-state index in [9.17, 15) is 9.90 Å². The van der Waals surface area contributed by atoms with Crippen molar-refractivity contribution in [1.29, 1.82) is 0 Å². The summed E-state index contributed by atoms with van der Waals surface area (Å²) in [6.07, 6.45) is 2.03. The number of fused-ring (bicyclic) bond motifs is 1. The van der Waals surface area contributed by atoms with Gasteiger partial charge in [-0.25, -0.2) is 4.79 Å². The molecular weight excluding hydrogens is 457 g/mol. The smallest absolute Gasteiger partial charge is 0.354 e. The maximum Gasteiger partial charge on any atom is 0.354 e. The molecule has 0 aliphatic heterocycles. The summed E-state index contributed by atoms with van der Waals surface area (Å²) in [7, 11) is 0. The van der Waals surface area contributed by atoms with E-state index in [-0.39, 0.29) is 5.69 Å². The highest BCUT2D eigenvalue weighted by molar-refractivity contribution is 6.30. The van der Waals surface area contributed by atoms with Crippen LogP contribution in [-0.4, -0.2) is 25.4 Å². The number of rotatable bonds is 6. The highest BCUT2D eigenvalue weighted by Crippen LogP contribution is 2.31. The second kappa shape index (κ2) is 8.77. The first-order valence-corrected chi connectivity index (χ1v) is 11.1. The molecule has 5 nitrogen and oxygen atoms in total. The minimum atomic E-state index is -1.02. The highest BCUT2D eigenvalue weighted by atomic mass is 35.5. The molecule has 5 aromatic rings. The Bertz CT molecular complexity index is 1450. The minimum absolute atomic E-state index is 0.134. The Hall–Kier alpha value is -3.54. The van der Waals surface area contributed by atoms with Crippen LogP contribution in [0.1, 0.15) is 21.6 Å². The predicted octanol–water partition coefficient (Wildman–Crippen LogP) is 6.61. The maximum absolute atomic E-state index is 12.0. The van der Waals surface area contributed by atoms with E-state index in [1.165, 1.54) is 4.68 Å². The number of hydrogen-bond donors (Lipinski definition) is 1. The summed E-state index contributed by atoms with van der Waals surface area (Å²) in [5.74, 6) is -1.02. The zero-order valence-corrected chi connectivity index (χ0v) is 19.0. The molecule has 7 heteroatoms. The Kier molecular flexibility index (Phi) is 5.67. The summed E-state index contributed by atoms with van der Waals surface area (Å²) >= 11 is 12.0. The number of nitrogens with zero attached hydrogens (tertiary/aromatic N) is 3. The number of halogens is 2. The molecule has 0 saturated heterocycles. The summed E-state index contributed by atoms with van der Waals surface area (Å²) in [5, 5.41) is 16.8. The molecule has 0 aliphatic carbocycles. The topological polar surface area (TPSA) is 60.0 Å². The van der Waals surface area contributed by atoms with E-state index in [1.54, 1.807) is 18.2 Å². The van der Waals surface area contributed by atoms with Crippen molar-refractivity contribution >= 4 is 40.1 Å². The van der Waals surface area contributed by atoms with Crippen LogP contribution in [0.4, 0.5) is 0 Å². The van der Waals surface area contributed by atoms with Crippen LogP contribution in [0.15, 0.2) is 85.1 Å². The van der Waals surface area contributed by atoms with Gasteiger partial charge in [0.15, 0.2) is 0 Å². The van der Waals surface area contributed by atoms with Gasteiger partial charge in [0.1, 0.15) is 5.69 Å². The SMILES string of the molecule is O=C(O)c1cc(-c2cn(Cc3ccc(Cl)cc3)c3ccccc23)nn1Cc1ccc(Cl)cc1. The fourth-order valence-electron chi connectivity index (χ4n) is 3.97. The number of aromatic nitrogens is 3. The molecule has 2 heterocycles. The van der Waals surface area contributed by atoms with Crippen LogP contribution in [0.3, 0.4) is 0 Å². The van der Waals surface area contributed by atoms with Gasteiger partial charge in [-0.3, -0.25) is 4.68 Å². The zero-order chi connectivity index (χ0) is 22.9.